The van der Waals surface area contributed by atoms with E-state index in [0.29, 0.717) is 34.9 Å². The number of methoxy groups -OCH3 is 2. The maximum absolute atomic E-state index is 13.2. The summed E-state index contributed by atoms with van der Waals surface area (Å²) < 4.78 is 10.8. The molecule has 4 rings (SSSR count). The lowest BCUT2D eigenvalue weighted by Crippen LogP contribution is -2.38. The fourth-order valence-corrected chi connectivity index (χ4v) is 4.44. The van der Waals surface area contributed by atoms with E-state index in [9.17, 15) is 10.1 Å². The molecule has 0 bridgehead atoms. The maximum atomic E-state index is 13.2. The summed E-state index contributed by atoms with van der Waals surface area (Å²) in [5.41, 5.74) is 11.2. The third-order valence-electron chi connectivity index (χ3n) is 5.95. The molecule has 2 aromatic carbocycles. The minimum absolute atomic E-state index is 0.0541. The van der Waals surface area contributed by atoms with E-state index in [1.165, 1.54) is 0 Å². The maximum Gasteiger partial charge on any atom is 0.161 e. The number of aryl methyl sites for hydroxylation is 1. The van der Waals surface area contributed by atoms with Crippen LogP contribution in [0.4, 0.5) is 5.69 Å². The van der Waals surface area contributed by atoms with Crippen molar-refractivity contribution in [2.24, 2.45) is 5.73 Å². The number of hydrogen-bond donors (Lipinski definition) is 1. The van der Waals surface area contributed by atoms with Crippen molar-refractivity contribution < 1.29 is 14.3 Å². The number of Topliss-reactive ketones (excluding diaryl/α,β-unsaturated/α-hetero) is 1. The first-order chi connectivity index (χ1) is 15.0. The van der Waals surface area contributed by atoms with Crippen LogP contribution in [0.2, 0.25) is 0 Å². The molecule has 0 saturated heterocycles. The van der Waals surface area contributed by atoms with Gasteiger partial charge in [-0.05, 0) is 49.6 Å². The fraction of sp³-hybridized carbons (Fsp3) is 0.280. The molecule has 1 heterocycles. The number of carbonyl (C=O) groups is 1. The second kappa shape index (κ2) is 8.19. The first-order valence-corrected chi connectivity index (χ1v) is 10.2. The van der Waals surface area contributed by atoms with Crippen molar-refractivity contribution in [2.45, 2.75) is 32.1 Å². The second-order valence-electron chi connectivity index (χ2n) is 7.77. The molecule has 31 heavy (non-hydrogen) atoms. The number of rotatable bonds is 4. The smallest absolute Gasteiger partial charge is 0.161 e. The zero-order valence-corrected chi connectivity index (χ0v) is 17.9. The summed E-state index contributed by atoms with van der Waals surface area (Å²) in [6, 6.07) is 15.7. The van der Waals surface area contributed by atoms with E-state index in [-0.39, 0.29) is 5.78 Å². The topological polar surface area (TPSA) is 88.6 Å². The quantitative estimate of drug-likeness (QED) is 0.800. The van der Waals surface area contributed by atoms with Crippen molar-refractivity contribution in [2.75, 3.05) is 19.1 Å². The van der Waals surface area contributed by atoms with E-state index in [1.54, 1.807) is 20.3 Å². The first-order valence-electron chi connectivity index (χ1n) is 10.2. The summed E-state index contributed by atoms with van der Waals surface area (Å²) in [5.74, 6) is 1.01. The molecule has 1 aliphatic carbocycles. The normalized spacial score (nSPS) is 18.6. The summed E-state index contributed by atoms with van der Waals surface area (Å²) in [7, 11) is 3.13. The van der Waals surface area contributed by atoms with Crippen molar-refractivity contribution in [3.8, 4) is 17.6 Å². The Morgan fingerprint density at radius 3 is 2.42 bits per heavy atom. The van der Waals surface area contributed by atoms with Gasteiger partial charge in [-0.2, -0.15) is 5.26 Å². The number of ether oxygens (including phenoxy) is 2. The van der Waals surface area contributed by atoms with Gasteiger partial charge in [-0.3, -0.25) is 9.69 Å². The number of hydrogen-bond acceptors (Lipinski definition) is 6. The van der Waals surface area contributed by atoms with Gasteiger partial charge in [0.1, 0.15) is 5.82 Å². The van der Waals surface area contributed by atoms with Gasteiger partial charge in [-0.25, -0.2) is 0 Å². The predicted molar refractivity (Wildman–Crippen MR) is 119 cm³/mol. The lowest BCUT2D eigenvalue weighted by atomic mass is 9.75. The molecule has 1 aliphatic heterocycles. The average Bonchev–Trinajstić information content (AvgIpc) is 2.79. The number of allylic oxidation sites excluding steroid dienone is 3. The Morgan fingerprint density at radius 1 is 1.06 bits per heavy atom. The summed E-state index contributed by atoms with van der Waals surface area (Å²) >= 11 is 0. The molecule has 0 saturated carbocycles. The van der Waals surface area contributed by atoms with Crippen molar-refractivity contribution >= 4 is 11.5 Å². The molecule has 0 unspecified atom stereocenters. The Morgan fingerprint density at radius 2 is 1.77 bits per heavy atom. The van der Waals surface area contributed by atoms with Crippen molar-refractivity contribution in [1.29, 1.82) is 5.26 Å². The Hall–Kier alpha value is -3.72. The average molecular weight is 415 g/mol. The largest absolute Gasteiger partial charge is 0.493 e. The predicted octanol–water partition coefficient (Wildman–Crippen LogP) is 4.32. The molecular formula is C25H25N3O3. The van der Waals surface area contributed by atoms with E-state index < -0.39 is 5.92 Å². The molecule has 6 heteroatoms. The zero-order chi connectivity index (χ0) is 22.1. The van der Waals surface area contributed by atoms with E-state index in [1.807, 2.05) is 48.2 Å². The Kier molecular flexibility index (Phi) is 5.43. The van der Waals surface area contributed by atoms with Crippen LogP contribution in [0.3, 0.4) is 0 Å². The molecule has 0 aromatic heterocycles. The van der Waals surface area contributed by atoms with Gasteiger partial charge < -0.3 is 15.2 Å². The molecule has 1 atom stereocenters. The molecule has 158 valence electrons. The number of nitrogens with two attached hydrogens (primary N) is 1. The number of nitrogens with zero attached hydrogens (tertiary/aromatic N) is 2. The van der Waals surface area contributed by atoms with E-state index in [4.69, 9.17) is 15.2 Å². The van der Waals surface area contributed by atoms with Crippen molar-refractivity contribution in [3.63, 3.8) is 0 Å². The second-order valence-corrected chi connectivity index (χ2v) is 7.77. The van der Waals surface area contributed by atoms with Crippen LogP contribution in [-0.2, 0) is 4.79 Å². The Labute approximate surface area is 182 Å². The summed E-state index contributed by atoms with van der Waals surface area (Å²) in [6.45, 7) is 2.02. The minimum Gasteiger partial charge on any atom is -0.493 e. The van der Waals surface area contributed by atoms with Gasteiger partial charge in [0.15, 0.2) is 17.3 Å². The number of nitriles is 1. The van der Waals surface area contributed by atoms with Gasteiger partial charge in [0.05, 0.1) is 31.8 Å². The molecule has 2 aliphatic rings. The van der Waals surface area contributed by atoms with Crippen LogP contribution < -0.4 is 20.1 Å². The fourth-order valence-electron chi connectivity index (χ4n) is 4.44. The van der Waals surface area contributed by atoms with Gasteiger partial charge in [-0.15, -0.1) is 0 Å². The highest BCUT2D eigenvalue weighted by Crippen LogP contribution is 2.47. The van der Waals surface area contributed by atoms with Crippen molar-refractivity contribution in [3.05, 3.63) is 76.3 Å². The monoisotopic (exact) mass is 415 g/mol. The Balaban J connectivity index is 1.94. The third kappa shape index (κ3) is 3.42. The molecule has 0 spiro atoms. The zero-order valence-electron chi connectivity index (χ0n) is 17.9. The number of anilines is 1. The van der Waals surface area contributed by atoms with Gasteiger partial charge in [-0.1, -0.05) is 23.8 Å². The summed E-state index contributed by atoms with van der Waals surface area (Å²) in [5, 5.41) is 10.1. The number of carbonyl (C=O) groups excluding carboxylic acids is 1. The van der Waals surface area contributed by atoms with Crippen LogP contribution in [0.1, 0.15) is 36.3 Å². The van der Waals surface area contributed by atoms with Gasteiger partial charge in [0, 0.05) is 23.4 Å². The summed E-state index contributed by atoms with van der Waals surface area (Å²) in [6.07, 6.45) is 1.94. The minimum atomic E-state index is -0.533. The third-order valence-corrected chi connectivity index (χ3v) is 5.95. The molecule has 6 nitrogen and oxygen atoms in total. The standard InChI is InChI=1S/C25H25N3O3/c1-15-7-10-17(11-8-15)28-19-5-4-6-20(29)24(19)23(18(14-26)25(28)27)16-9-12-21(30-2)22(13-16)31-3/h7-13,23H,4-6,27H2,1-3H3/t23-/m0/s1. The van der Waals surface area contributed by atoms with Crippen LogP contribution >= 0.6 is 0 Å². The van der Waals surface area contributed by atoms with E-state index in [2.05, 4.69) is 6.07 Å². The van der Waals surface area contributed by atoms with Crippen molar-refractivity contribution in [1.82, 2.24) is 0 Å². The molecule has 2 N–H and O–H groups in total. The van der Waals surface area contributed by atoms with Crippen LogP contribution in [0.15, 0.2) is 65.1 Å². The van der Waals surface area contributed by atoms with Gasteiger partial charge in [0.2, 0.25) is 0 Å². The highest BCUT2D eigenvalue weighted by molar-refractivity contribution is 6.01. The highest BCUT2D eigenvalue weighted by Gasteiger charge is 2.40. The van der Waals surface area contributed by atoms with Crippen LogP contribution in [0.25, 0.3) is 0 Å². The number of benzene rings is 2. The molecule has 0 fully saturated rings. The van der Waals surface area contributed by atoms with Gasteiger partial charge >= 0.3 is 0 Å². The van der Waals surface area contributed by atoms with Crippen LogP contribution in [0.5, 0.6) is 11.5 Å². The SMILES string of the molecule is COc1ccc([C@H]2C(C#N)=C(N)N(c3ccc(C)cc3)C3=C2C(=O)CCC3)cc1OC. The lowest BCUT2D eigenvalue weighted by molar-refractivity contribution is -0.116. The lowest BCUT2D eigenvalue weighted by Gasteiger charge is -2.39. The highest BCUT2D eigenvalue weighted by atomic mass is 16.5. The van der Waals surface area contributed by atoms with Gasteiger partial charge in [0.25, 0.3) is 0 Å². The van der Waals surface area contributed by atoms with Crippen LogP contribution in [-0.4, -0.2) is 20.0 Å². The van der Waals surface area contributed by atoms with E-state index in [0.717, 1.165) is 35.4 Å². The van der Waals surface area contributed by atoms with Crippen LogP contribution in [0, 0.1) is 18.3 Å². The molecular weight excluding hydrogens is 390 g/mol. The molecule has 2 aromatic rings. The van der Waals surface area contributed by atoms with E-state index >= 15 is 0 Å². The number of ketones is 1. The first kappa shape index (κ1) is 20.5. The summed E-state index contributed by atoms with van der Waals surface area (Å²) in [4.78, 5) is 15.1. The Bertz CT molecular complexity index is 1140. The molecule has 0 amide bonds. The molecule has 0 radical (unpaired) electrons.